The lowest BCUT2D eigenvalue weighted by Gasteiger charge is -2.18. The van der Waals surface area contributed by atoms with Crippen molar-refractivity contribution in [2.75, 3.05) is 7.11 Å². The molecule has 16 heavy (non-hydrogen) atoms. The second-order valence-corrected chi connectivity index (χ2v) is 4.67. The molecular formula is C13H17BrO2. The molecule has 0 heterocycles. The van der Waals surface area contributed by atoms with E-state index < -0.39 is 0 Å². The Bertz CT molecular complexity index is 324. The van der Waals surface area contributed by atoms with Crippen LogP contribution >= 0.6 is 15.9 Å². The molecule has 0 aliphatic heterocycles. The molecule has 0 saturated heterocycles. The summed E-state index contributed by atoms with van der Waals surface area (Å²) < 4.78 is 11.4. The highest BCUT2D eigenvalue weighted by molar-refractivity contribution is 9.08. The number of halogens is 1. The number of hydrogen-bond acceptors (Lipinski definition) is 2. The van der Waals surface area contributed by atoms with E-state index in [0.717, 1.165) is 22.4 Å². The number of hydrogen-bond donors (Lipinski definition) is 0. The zero-order valence-electron chi connectivity index (χ0n) is 9.54. The minimum Gasteiger partial charge on any atom is -0.493 e. The van der Waals surface area contributed by atoms with E-state index in [1.165, 1.54) is 25.7 Å². The Morgan fingerprint density at radius 3 is 2.69 bits per heavy atom. The monoisotopic (exact) mass is 284 g/mol. The molecule has 0 bridgehead atoms. The third-order valence-electron chi connectivity index (χ3n) is 3.01. The minimum atomic E-state index is 0.370. The van der Waals surface area contributed by atoms with Gasteiger partial charge in [0, 0.05) is 10.9 Å². The van der Waals surface area contributed by atoms with E-state index in [1.54, 1.807) is 7.11 Å². The lowest BCUT2D eigenvalue weighted by atomic mass is 10.2. The molecule has 0 atom stereocenters. The van der Waals surface area contributed by atoms with Crippen LogP contribution in [0.5, 0.6) is 11.5 Å². The lowest BCUT2D eigenvalue weighted by Crippen LogP contribution is -2.12. The summed E-state index contributed by atoms with van der Waals surface area (Å²) in [5.41, 5.74) is 1.16. The van der Waals surface area contributed by atoms with Crippen LogP contribution in [0.4, 0.5) is 0 Å². The molecule has 0 amide bonds. The highest BCUT2D eigenvalue weighted by Crippen LogP contribution is 2.35. The van der Waals surface area contributed by atoms with Crippen LogP contribution in [0.25, 0.3) is 0 Å². The molecule has 1 aliphatic carbocycles. The van der Waals surface area contributed by atoms with Crippen molar-refractivity contribution in [2.45, 2.75) is 37.1 Å². The number of rotatable bonds is 4. The average Bonchev–Trinajstić information content (AvgIpc) is 2.82. The molecule has 1 saturated carbocycles. The fraction of sp³-hybridized carbons (Fsp3) is 0.538. The van der Waals surface area contributed by atoms with Crippen molar-refractivity contribution in [1.29, 1.82) is 0 Å². The fourth-order valence-electron chi connectivity index (χ4n) is 2.13. The fourth-order valence-corrected chi connectivity index (χ4v) is 2.58. The van der Waals surface area contributed by atoms with Crippen molar-refractivity contribution < 1.29 is 9.47 Å². The van der Waals surface area contributed by atoms with Gasteiger partial charge in [-0.3, -0.25) is 0 Å². The first-order valence-electron chi connectivity index (χ1n) is 5.73. The molecule has 2 rings (SSSR count). The molecule has 3 heteroatoms. The van der Waals surface area contributed by atoms with Crippen LogP contribution in [-0.2, 0) is 5.33 Å². The largest absolute Gasteiger partial charge is 0.493 e. The van der Waals surface area contributed by atoms with Gasteiger partial charge in [-0.15, -0.1) is 0 Å². The Morgan fingerprint density at radius 2 is 2.06 bits per heavy atom. The standard InChI is InChI=1S/C13H17BrO2/c1-15-12-8-4-5-10(9-14)13(12)16-11-6-2-3-7-11/h4-5,8,11H,2-3,6-7,9H2,1H3. The highest BCUT2D eigenvalue weighted by Gasteiger charge is 2.19. The molecule has 1 fully saturated rings. The van der Waals surface area contributed by atoms with E-state index in [2.05, 4.69) is 22.0 Å². The van der Waals surface area contributed by atoms with E-state index >= 15 is 0 Å². The molecule has 0 spiro atoms. The zero-order valence-corrected chi connectivity index (χ0v) is 11.1. The van der Waals surface area contributed by atoms with Gasteiger partial charge in [0.25, 0.3) is 0 Å². The normalized spacial score (nSPS) is 16.4. The van der Waals surface area contributed by atoms with Crippen LogP contribution in [0.15, 0.2) is 18.2 Å². The van der Waals surface area contributed by atoms with Crippen LogP contribution in [0, 0.1) is 0 Å². The van der Waals surface area contributed by atoms with Gasteiger partial charge in [-0.25, -0.2) is 0 Å². The summed E-state index contributed by atoms with van der Waals surface area (Å²) in [6, 6.07) is 6.02. The summed E-state index contributed by atoms with van der Waals surface area (Å²) >= 11 is 3.49. The van der Waals surface area contributed by atoms with Gasteiger partial charge >= 0.3 is 0 Å². The van der Waals surface area contributed by atoms with Gasteiger partial charge in [0.2, 0.25) is 0 Å². The van der Waals surface area contributed by atoms with Crippen LogP contribution in [0.1, 0.15) is 31.2 Å². The van der Waals surface area contributed by atoms with Crippen LogP contribution in [0.2, 0.25) is 0 Å². The summed E-state index contributed by atoms with van der Waals surface area (Å²) in [6.07, 6.45) is 5.26. The predicted octanol–water partition coefficient (Wildman–Crippen LogP) is 3.91. The molecule has 0 radical (unpaired) electrons. The van der Waals surface area contributed by atoms with E-state index in [9.17, 15) is 0 Å². The molecule has 1 aromatic rings. The van der Waals surface area contributed by atoms with E-state index in [0.29, 0.717) is 6.10 Å². The first-order chi connectivity index (χ1) is 7.85. The molecule has 0 aromatic heterocycles. The van der Waals surface area contributed by atoms with Crippen LogP contribution < -0.4 is 9.47 Å². The van der Waals surface area contributed by atoms with Gasteiger partial charge in [0.1, 0.15) is 0 Å². The Labute approximate surface area is 105 Å². The van der Waals surface area contributed by atoms with Gasteiger partial charge in [-0.1, -0.05) is 28.1 Å². The summed E-state index contributed by atoms with van der Waals surface area (Å²) in [7, 11) is 1.69. The summed E-state index contributed by atoms with van der Waals surface area (Å²) in [4.78, 5) is 0. The van der Waals surface area contributed by atoms with Gasteiger partial charge in [0.05, 0.1) is 13.2 Å². The molecule has 0 N–H and O–H groups in total. The quantitative estimate of drug-likeness (QED) is 0.781. The molecule has 2 nitrogen and oxygen atoms in total. The van der Waals surface area contributed by atoms with Crippen molar-refractivity contribution in [3.8, 4) is 11.5 Å². The molecule has 0 unspecified atom stereocenters. The van der Waals surface area contributed by atoms with Crippen molar-refractivity contribution in [3.05, 3.63) is 23.8 Å². The first kappa shape index (κ1) is 11.8. The van der Waals surface area contributed by atoms with Gasteiger partial charge < -0.3 is 9.47 Å². The maximum absolute atomic E-state index is 6.06. The topological polar surface area (TPSA) is 18.5 Å². The van der Waals surface area contributed by atoms with Crippen LogP contribution in [0.3, 0.4) is 0 Å². The van der Waals surface area contributed by atoms with E-state index in [-0.39, 0.29) is 0 Å². The van der Waals surface area contributed by atoms with Crippen molar-refractivity contribution in [2.24, 2.45) is 0 Å². The third kappa shape index (κ3) is 2.51. The highest BCUT2D eigenvalue weighted by atomic mass is 79.9. The Morgan fingerprint density at radius 1 is 1.31 bits per heavy atom. The molecule has 88 valence electrons. The van der Waals surface area contributed by atoms with Crippen molar-refractivity contribution in [1.82, 2.24) is 0 Å². The van der Waals surface area contributed by atoms with Crippen molar-refractivity contribution in [3.63, 3.8) is 0 Å². The van der Waals surface area contributed by atoms with Gasteiger partial charge in [-0.2, -0.15) is 0 Å². The molecule has 1 aliphatic rings. The smallest absolute Gasteiger partial charge is 0.165 e. The summed E-state index contributed by atoms with van der Waals surface area (Å²) in [5.74, 6) is 1.75. The van der Waals surface area contributed by atoms with E-state index in [1.807, 2.05) is 12.1 Å². The van der Waals surface area contributed by atoms with Gasteiger partial charge in [0.15, 0.2) is 11.5 Å². The number of benzene rings is 1. The Hall–Kier alpha value is -0.700. The maximum atomic E-state index is 6.06. The van der Waals surface area contributed by atoms with Crippen molar-refractivity contribution >= 4 is 15.9 Å². The second kappa shape index (κ2) is 5.58. The first-order valence-corrected chi connectivity index (χ1v) is 6.85. The van der Waals surface area contributed by atoms with Gasteiger partial charge in [-0.05, 0) is 31.7 Å². The number of methoxy groups -OCH3 is 1. The Kier molecular flexibility index (Phi) is 4.10. The lowest BCUT2D eigenvalue weighted by molar-refractivity contribution is 0.199. The summed E-state index contributed by atoms with van der Waals surface area (Å²) in [6.45, 7) is 0. The Balaban J connectivity index is 2.21. The number of alkyl halides is 1. The SMILES string of the molecule is COc1cccc(CBr)c1OC1CCCC1. The number of para-hydroxylation sites is 1. The minimum absolute atomic E-state index is 0.370. The van der Waals surface area contributed by atoms with E-state index in [4.69, 9.17) is 9.47 Å². The average molecular weight is 285 g/mol. The predicted molar refractivity (Wildman–Crippen MR) is 68.5 cm³/mol. The maximum Gasteiger partial charge on any atom is 0.165 e. The zero-order chi connectivity index (χ0) is 11.4. The van der Waals surface area contributed by atoms with Crippen LogP contribution in [-0.4, -0.2) is 13.2 Å². The number of ether oxygens (including phenoxy) is 2. The third-order valence-corrected chi connectivity index (χ3v) is 3.62. The molecular weight excluding hydrogens is 268 g/mol. The second-order valence-electron chi connectivity index (χ2n) is 4.11. The summed E-state index contributed by atoms with van der Waals surface area (Å²) in [5, 5.41) is 0.798. The molecule has 1 aromatic carbocycles.